The van der Waals surface area contributed by atoms with Crippen LogP contribution in [0.1, 0.15) is 20.8 Å². The maximum atomic E-state index is 11.7. The molecule has 0 spiro atoms. The molecule has 0 fully saturated rings. The van der Waals surface area contributed by atoms with Crippen LogP contribution in [0, 0.1) is 0 Å². The van der Waals surface area contributed by atoms with Gasteiger partial charge in [-0.2, -0.15) is 13.2 Å². The second-order valence-electron chi connectivity index (χ2n) is 4.14. The van der Waals surface area contributed by atoms with Crippen molar-refractivity contribution in [1.29, 1.82) is 0 Å². The van der Waals surface area contributed by atoms with E-state index in [-0.39, 0.29) is 5.91 Å². The first kappa shape index (κ1) is 23.7. The van der Waals surface area contributed by atoms with Gasteiger partial charge in [-0.1, -0.05) is 30.9 Å². The van der Waals surface area contributed by atoms with Crippen molar-refractivity contribution < 1.29 is 27.9 Å². The Morgan fingerprint density at radius 3 is 2.09 bits per heavy atom. The van der Waals surface area contributed by atoms with Crippen molar-refractivity contribution in [2.45, 2.75) is 31.7 Å². The molecule has 0 aromatic rings. The van der Waals surface area contributed by atoms with Crippen molar-refractivity contribution in [3.05, 3.63) is 0 Å². The van der Waals surface area contributed by atoms with Crippen LogP contribution >= 0.6 is 35.7 Å². The topological polar surface area (TPSA) is 92.4 Å². The van der Waals surface area contributed by atoms with Gasteiger partial charge in [0.25, 0.3) is 0 Å². The molecule has 0 saturated carbocycles. The molecule has 1 amide bonds. The molecule has 130 valence electrons. The Bertz CT molecular complexity index is 391. The van der Waals surface area contributed by atoms with Gasteiger partial charge < -0.3 is 16.2 Å². The first-order chi connectivity index (χ1) is 9.88. The van der Waals surface area contributed by atoms with E-state index >= 15 is 0 Å². The first-order valence-electron chi connectivity index (χ1n) is 6.02. The zero-order valence-electron chi connectivity index (χ0n) is 12.3. The summed E-state index contributed by atoms with van der Waals surface area (Å²) in [5.74, 6) is -1.84. The number of aliphatic carboxylic acids is 1. The van der Waals surface area contributed by atoms with Crippen LogP contribution in [0.2, 0.25) is 0 Å². The van der Waals surface area contributed by atoms with Crippen molar-refractivity contribution in [3.8, 4) is 0 Å². The highest BCUT2D eigenvalue weighted by Gasteiger charge is 2.38. The Balaban J connectivity index is 0. The van der Waals surface area contributed by atoms with E-state index in [1.807, 2.05) is 20.8 Å². The number of thioether (sulfide) groups is 2. The molecule has 0 heterocycles. The van der Waals surface area contributed by atoms with E-state index in [2.05, 4.69) is 5.32 Å². The Kier molecular flexibility index (Phi) is 12.0. The lowest BCUT2D eigenvalue weighted by atomic mass is 10.2. The molecule has 0 aromatic heterocycles. The van der Waals surface area contributed by atoms with Gasteiger partial charge in [-0.25, -0.2) is 4.79 Å². The van der Waals surface area contributed by atoms with Crippen LogP contribution in [0.15, 0.2) is 0 Å². The highest BCUT2D eigenvalue weighted by Crippen LogP contribution is 2.30. The lowest BCUT2D eigenvalue weighted by molar-refractivity contribution is -0.192. The van der Waals surface area contributed by atoms with Crippen LogP contribution in [0.25, 0.3) is 0 Å². The van der Waals surface area contributed by atoms with Crippen molar-refractivity contribution >= 4 is 51.1 Å². The van der Waals surface area contributed by atoms with Gasteiger partial charge in [0.1, 0.15) is 3.53 Å². The number of carbonyl (C=O) groups excluding carboxylic acids is 1. The van der Waals surface area contributed by atoms with Crippen LogP contribution in [-0.4, -0.2) is 50.3 Å². The van der Waals surface area contributed by atoms with Crippen molar-refractivity contribution in [2.24, 2.45) is 5.73 Å². The maximum Gasteiger partial charge on any atom is 0.490 e. The SMILES string of the molecule is CCSC(=S)SC(C)(C)C(=O)NCCN.O=C(O)C(F)(F)F. The molecule has 0 saturated heterocycles. The molecule has 0 unspecified atom stereocenters. The number of carboxylic acids is 1. The number of nitrogens with two attached hydrogens (primary N) is 1. The molecule has 5 nitrogen and oxygen atoms in total. The van der Waals surface area contributed by atoms with Gasteiger partial charge in [0, 0.05) is 13.1 Å². The number of alkyl halides is 3. The average Bonchev–Trinajstić information content (AvgIpc) is 2.34. The van der Waals surface area contributed by atoms with E-state index in [0.717, 1.165) is 9.28 Å². The van der Waals surface area contributed by atoms with Gasteiger partial charge in [-0.05, 0) is 19.6 Å². The third kappa shape index (κ3) is 12.1. The first-order valence-corrected chi connectivity index (χ1v) is 8.23. The minimum absolute atomic E-state index is 0.0167. The second-order valence-corrected chi connectivity index (χ2v) is 8.23. The molecule has 0 aliphatic rings. The van der Waals surface area contributed by atoms with Gasteiger partial charge in [-0.15, -0.1) is 11.8 Å². The number of carbonyl (C=O) groups is 2. The molecule has 0 aromatic carbocycles. The summed E-state index contributed by atoms with van der Waals surface area (Å²) in [6, 6.07) is 0. The fourth-order valence-corrected chi connectivity index (χ4v) is 3.81. The van der Waals surface area contributed by atoms with Gasteiger partial charge >= 0.3 is 12.1 Å². The summed E-state index contributed by atoms with van der Waals surface area (Å²) in [5.41, 5.74) is 5.32. The molecular weight excluding hydrogens is 361 g/mol. The predicted molar refractivity (Wildman–Crippen MR) is 88.2 cm³/mol. The fraction of sp³-hybridized carbons (Fsp3) is 0.727. The quantitative estimate of drug-likeness (QED) is 0.630. The van der Waals surface area contributed by atoms with E-state index in [4.69, 9.17) is 27.9 Å². The Labute approximate surface area is 141 Å². The largest absolute Gasteiger partial charge is 0.490 e. The zero-order valence-corrected chi connectivity index (χ0v) is 14.8. The van der Waals surface area contributed by atoms with Crippen LogP contribution in [-0.2, 0) is 9.59 Å². The monoisotopic (exact) mass is 380 g/mol. The summed E-state index contributed by atoms with van der Waals surface area (Å²) >= 11 is 8.17. The summed E-state index contributed by atoms with van der Waals surface area (Å²) in [6.07, 6.45) is -5.08. The van der Waals surface area contributed by atoms with Gasteiger partial charge in [0.05, 0.1) is 4.75 Å². The number of thiocarbonyl (C=S) groups is 1. The smallest absolute Gasteiger partial charge is 0.475 e. The molecule has 22 heavy (non-hydrogen) atoms. The number of rotatable bonds is 5. The lowest BCUT2D eigenvalue weighted by Crippen LogP contribution is -2.42. The van der Waals surface area contributed by atoms with Crippen LogP contribution < -0.4 is 11.1 Å². The summed E-state index contributed by atoms with van der Waals surface area (Å²) in [7, 11) is 0. The molecule has 0 aliphatic carbocycles. The third-order valence-electron chi connectivity index (χ3n) is 1.82. The molecule has 0 bridgehead atoms. The number of carboxylic acid groups (broad SMARTS) is 1. The summed E-state index contributed by atoms with van der Waals surface area (Å²) in [6.45, 7) is 6.74. The van der Waals surface area contributed by atoms with E-state index in [9.17, 15) is 18.0 Å². The molecule has 4 N–H and O–H groups in total. The Morgan fingerprint density at radius 1 is 1.32 bits per heavy atom. The van der Waals surface area contributed by atoms with E-state index in [1.165, 1.54) is 11.8 Å². The van der Waals surface area contributed by atoms with Crippen molar-refractivity contribution in [3.63, 3.8) is 0 Å². The summed E-state index contributed by atoms with van der Waals surface area (Å²) in [4.78, 5) is 20.6. The normalized spacial score (nSPS) is 11.2. The third-order valence-corrected chi connectivity index (χ3v) is 4.41. The molecule has 0 rings (SSSR count). The van der Waals surface area contributed by atoms with Crippen LogP contribution in [0.4, 0.5) is 13.2 Å². The lowest BCUT2D eigenvalue weighted by Gasteiger charge is -2.22. The number of hydrogen-bond acceptors (Lipinski definition) is 6. The average molecular weight is 380 g/mol. The summed E-state index contributed by atoms with van der Waals surface area (Å²) in [5, 5.41) is 9.89. The summed E-state index contributed by atoms with van der Waals surface area (Å²) < 4.78 is 32.0. The van der Waals surface area contributed by atoms with Gasteiger partial charge in [0.2, 0.25) is 5.91 Å². The van der Waals surface area contributed by atoms with E-state index in [1.54, 1.807) is 11.8 Å². The Morgan fingerprint density at radius 2 is 1.77 bits per heavy atom. The van der Waals surface area contributed by atoms with E-state index in [0.29, 0.717) is 13.1 Å². The van der Waals surface area contributed by atoms with Crippen LogP contribution in [0.3, 0.4) is 0 Å². The Hall–Kier alpha value is -0.520. The van der Waals surface area contributed by atoms with Gasteiger partial charge in [0.15, 0.2) is 0 Å². The maximum absolute atomic E-state index is 11.7. The second kappa shape index (κ2) is 11.1. The zero-order chi connectivity index (χ0) is 18.0. The molecule has 0 aliphatic heterocycles. The number of halogens is 3. The predicted octanol–water partition coefficient (Wildman–Crippen LogP) is 2.24. The minimum Gasteiger partial charge on any atom is -0.475 e. The van der Waals surface area contributed by atoms with Crippen molar-refractivity contribution in [1.82, 2.24) is 5.32 Å². The fourth-order valence-electron chi connectivity index (χ4n) is 0.801. The molecular formula is C11H19F3N2O3S3. The highest BCUT2D eigenvalue weighted by molar-refractivity contribution is 8.47. The number of amides is 1. The molecule has 11 heteroatoms. The van der Waals surface area contributed by atoms with E-state index < -0.39 is 16.9 Å². The van der Waals surface area contributed by atoms with Crippen molar-refractivity contribution in [2.75, 3.05) is 18.8 Å². The molecule has 0 radical (unpaired) electrons. The number of hydrogen-bond donors (Lipinski definition) is 3. The van der Waals surface area contributed by atoms with Crippen LogP contribution in [0.5, 0.6) is 0 Å². The van der Waals surface area contributed by atoms with Gasteiger partial charge in [-0.3, -0.25) is 4.79 Å². The molecule has 0 atom stereocenters. The number of nitrogens with one attached hydrogen (secondary N) is 1. The highest BCUT2D eigenvalue weighted by atomic mass is 32.2. The minimum atomic E-state index is -5.08. The standard InChI is InChI=1S/C9H18N2OS3.C2HF3O2/c1-4-14-8(13)15-9(2,3)7(12)11-6-5-10;3-2(4,5)1(6)7/h4-6,10H2,1-3H3,(H,11,12);(H,6,7).